The molecule has 0 radical (unpaired) electrons. The predicted octanol–water partition coefficient (Wildman–Crippen LogP) is 3.79. The first-order valence-electron chi connectivity index (χ1n) is 8.51. The lowest BCUT2D eigenvalue weighted by Crippen LogP contribution is -2.39. The zero-order chi connectivity index (χ0) is 19.4. The van der Waals surface area contributed by atoms with Gasteiger partial charge in [-0.1, -0.05) is 23.7 Å². The number of carbonyl (C=O) groups is 2. The Kier molecular flexibility index (Phi) is 5.76. The van der Waals surface area contributed by atoms with E-state index in [1.807, 2.05) is 0 Å². The Morgan fingerprint density at radius 2 is 1.85 bits per heavy atom. The predicted molar refractivity (Wildman–Crippen MR) is 103 cm³/mol. The van der Waals surface area contributed by atoms with Gasteiger partial charge in [0, 0.05) is 17.4 Å². The van der Waals surface area contributed by atoms with E-state index in [0.29, 0.717) is 16.5 Å². The molecule has 0 fully saturated rings. The van der Waals surface area contributed by atoms with Crippen molar-refractivity contribution in [2.24, 2.45) is 5.10 Å². The zero-order valence-electron chi connectivity index (χ0n) is 15.0. The average molecular weight is 387 g/mol. The number of hydrogen-bond acceptors (Lipinski definition) is 5. The van der Waals surface area contributed by atoms with Crippen LogP contribution in [0.3, 0.4) is 0 Å². The third-order valence-corrected chi connectivity index (χ3v) is 4.48. The summed E-state index contributed by atoms with van der Waals surface area (Å²) in [6.45, 7) is 1.95. The number of esters is 1. The van der Waals surface area contributed by atoms with Gasteiger partial charge in [-0.25, -0.2) is 9.80 Å². The molecule has 2 aromatic rings. The van der Waals surface area contributed by atoms with Crippen molar-refractivity contribution >= 4 is 34.9 Å². The maximum absolute atomic E-state index is 12.7. The number of benzene rings is 2. The number of amides is 1. The van der Waals surface area contributed by atoms with Gasteiger partial charge in [0.2, 0.25) is 5.91 Å². The van der Waals surface area contributed by atoms with Gasteiger partial charge < -0.3 is 9.47 Å². The summed E-state index contributed by atoms with van der Waals surface area (Å²) in [5.41, 5.74) is 1.53. The van der Waals surface area contributed by atoms with Crippen LogP contribution in [-0.2, 0) is 14.3 Å². The van der Waals surface area contributed by atoms with Crippen molar-refractivity contribution in [3.63, 3.8) is 0 Å². The van der Waals surface area contributed by atoms with Crippen LogP contribution in [0.1, 0.15) is 24.8 Å². The van der Waals surface area contributed by atoms with Crippen LogP contribution in [0, 0.1) is 0 Å². The van der Waals surface area contributed by atoms with Crippen molar-refractivity contribution in [1.29, 1.82) is 0 Å². The first-order chi connectivity index (χ1) is 13.0. The Morgan fingerprint density at radius 3 is 2.44 bits per heavy atom. The molecular weight excluding hydrogens is 368 g/mol. The molecule has 1 heterocycles. The molecule has 1 atom stereocenters. The molecule has 0 saturated carbocycles. The van der Waals surface area contributed by atoms with Crippen molar-refractivity contribution in [2.75, 3.05) is 18.7 Å². The second kappa shape index (κ2) is 8.22. The van der Waals surface area contributed by atoms with E-state index in [1.165, 1.54) is 5.01 Å². The summed E-state index contributed by atoms with van der Waals surface area (Å²) in [6.07, 6.45) is 0.102. The zero-order valence-corrected chi connectivity index (χ0v) is 15.8. The van der Waals surface area contributed by atoms with Crippen LogP contribution in [0.5, 0.6) is 5.75 Å². The van der Waals surface area contributed by atoms with Gasteiger partial charge in [-0.05, 0) is 48.9 Å². The van der Waals surface area contributed by atoms with Crippen molar-refractivity contribution in [3.05, 3.63) is 59.1 Å². The molecule has 6 nitrogen and oxygen atoms in total. The van der Waals surface area contributed by atoms with E-state index in [2.05, 4.69) is 5.10 Å². The van der Waals surface area contributed by atoms with E-state index in [4.69, 9.17) is 21.1 Å². The summed E-state index contributed by atoms with van der Waals surface area (Å²) >= 11 is 5.95. The van der Waals surface area contributed by atoms with Crippen molar-refractivity contribution in [3.8, 4) is 5.75 Å². The lowest BCUT2D eigenvalue weighted by Gasteiger charge is -2.28. The summed E-state index contributed by atoms with van der Waals surface area (Å²) < 4.78 is 10.3. The Morgan fingerprint density at radius 1 is 1.19 bits per heavy atom. The van der Waals surface area contributed by atoms with Crippen LogP contribution >= 0.6 is 11.6 Å². The molecule has 0 aliphatic carbocycles. The molecular formula is C20H19ClN2O4. The molecule has 0 saturated heterocycles. The highest BCUT2D eigenvalue weighted by Crippen LogP contribution is 2.31. The first kappa shape index (κ1) is 18.9. The second-order valence-electron chi connectivity index (χ2n) is 5.92. The minimum Gasteiger partial charge on any atom is -0.497 e. The number of anilines is 1. The number of nitrogens with zero attached hydrogens (tertiary/aromatic N) is 2. The van der Waals surface area contributed by atoms with Gasteiger partial charge in [0.15, 0.2) is 5.71 Å². The summed E-state index contributed by atoms with van der Waals surface area (Å²) in [4.78, 5) is 25.2. The maximum atomic E-state index is 12.7. The smallest absolute Gasteiger partial charge is 0.355 e. The number of hydrogen-bond donors (Lipinski definition) is 0. The van der Waals surface area contributed by atoms with E-state index < -0.39 is 11.9 Å². The van der Waals surface area contributed by atoms with Crippen molar-refractivity contribution in [1.82, 2.24) is 0 Å². The van der Waals surface area contributed by atoms with Crippen molar-refractivity contribution in [2.45, 2.75) is 19.3 Å². The highest BCUT2D eigenvalue weighted by atomic mass is 35.5. The Labute approximate surface area is 162 Å². The van der Waals surface area contributed by atoms with Crippen molar-refractivity contribution < 1.29 is 19.1 Å². The monoisotopic (exact) mass is 386 g/mol. The third-order valence-electron chi connectivity index (χ3n) is 4.23. The van der Waals surface area contributed by atoms with Crippen LogP contribution in [0.25, 0.3) is 0 Å². The summed E-state index contributed by atoms with van der Waals surface area (Å²) in [5.74, 6) is -0.572. The van der Waals surface area contributed by atoms with E-state index in [-0.39, 0.29) is 24.6 Å². The molecule has 0 spiro atoms. The fourth-order valence-corrected chi connectivity index (χ4v) is 3.00. The number of methoxy groups -OCH3 is 1. The molecule has 3 rings (SSSR count). The largest absolute Gasteiger partial charge is 0.497 e. The Balaban J connectivity index is 2.00. The lowest BCUT2D eigenvalue weighted by atomic mass is 9.89. The molecule has 140 valence electrons. The van der Waals surface area contributed by atoms with Gasteiger partial charge >= 0.3 is 5.97 Å². The van der Waals surface area contributed by atoms with E-state index in [0.717, 1.165) is 5.56 Å². The molecule has 1 aliphatic rings. The molecule has 1 aliphatic heterocycles. The first-order valence-corrected chi connectivity index (χ1v) is 8.89. The van der Waals surface area contributed by atoms with E-state index >= 15 is 0 Å². The van der Waals surface area contributed by atoms with Gasteiger partial charge in [-0.3, -0.25) is 4.79 Å². The Bertz CT molecular complexity index is 863. The van der Waals surface area contributed by atoms with Crippen LogP contribution in [0.2, 0.25) is 5.02 Å². The van der Waals surface area contributed by atoms with Gasteiger partial charge in [0.25, 0.3) is 0 Å². The number of ether oxygens (including phenoxy) is 2. The van der Waals surface area contributed by atoms with Gasteiger partial charge in [-0.15, -0.1) is 0 Å². The van der Waals surface area contributed by atoms with Crippen LogP contribution < -0.4 is 9.75 Å². The number of carbonyl (C=O) groups excluding carboxylic acids is 2. The molecule has 0 unspecified atom stereocenters. The van der Waals surface area contributed by atoms with Gasteiger partial charge in [0.05, 0.1) is 19.4 Å². The summed E-state index contributed by atoms with van der Waals surface area (Å²) in [7, 11) is 1.56. The normalized spacial score (nSPS) is 16.7. The SMILES string of the molecule is CCOC(=O)C1=NN(c2ccc(OC)cc2)C(=O)C[C@@H]1c1ccc(Cl)cc1. The number of halogens is 1. The standard InChI is InChI=1S/C20H19ClN2O4/c1-3-27-20(25)19-17(13-4-6-14(21)7-5-13)12-18(24)23(22-19)15-8-10-16(26-2)11-9-15/h4-11,17H,3,12H2,1-2H3/t17-/m1/s1. The summed E-state index contributed by atoms with van der Waals surface area (Å²) in [5, 5.41) is 6.15. The Hall–Kier alpha value is -2.86. The van der Waals surface area contributed by atoms with E-state index in [9.17, 15) is 9.59 Å². The lowest BCUT2D eigenvalue weighted by molar-refractivity contribution is -0.135. The van der Waals surface area contributed by atoms with Crippen LogP contribution in [0.4, 0.5) is 5.69 Å². The molecule has 0 aromatic heterocycles. The minimum atomic E-state index is -0.538. The number of rotatable bonds is 5. The van der Waals surface area contributed by atoms with Crippen LogP contribution in [-0.4, -0.2) is 31.3 Å². The molecule has 7 heteroatoms. The molecule has 0 bridgehead atoms. The fraction of sp³-hybridized carbons (Fsp3) is 0.250. The average Bonchev–Trinajstić information content (AvgIpc) is 2.68. The molecule has 27 heavy (non-hydrogen) atoms. The second-order valence-corrected chi connectivity index (χ2v) is 6.35. The maximum Gasteiger partial charge on any atom is 0.355 e. The summed E-state index contributed by atoms with van der Waals surface area (Å²) in [6, 6.07) is 13.9. The highest BCUT2D eigenvalue weighted by Gasteiger charge is 2.35. The van der Waals surface area contributed by atoms with Gasteiger partial charge in [0.1, 0.15) is 5.75 Å². The molecule has 2 aromatic carbocycles. The number of hydrazone groups is 1. The molecule has 1 amide bonds. The molecule has 0 N–H and O–H groups in total. The fourth-order valence-electron chi connectivity index (χ4n) is 2.88. The quantitative estimate of drug-likeness (QED) is 0.733. The van der Waals surface area contributed by atoms with Gasteiger partial charge in [-0.2, -0.15) is 5.10 Å². The highest BCUT2D eigenvalue weighted by molar-refractivity contribution is 6.40. The minimum absolute atomic E-state index is 0.102. The topological polar surface area (TPSA) is 68.2 Å². The van der Waals surface area contributed by atoms with E-state index in [1.54, 1.807) is 62.6 Å². The van der Waals surface area contributed by atoms with Crippen LogP contribution in [0.15, 0.2) is 53.6 Å². The third kappa shape index (κ3) is 4.11.